The Kier molecular flexibility index (Phi) is 3.05. The second-order valence-electron chi connectivity index (χ2n) is 5.09. The van der Waals surface area contributed by atoms with Crippen LogP contribution in [0.2, 0.25) is 0 Å². The zero-order valence-corrected chi connectivity index (χ0v) is 11.8. The molecule has 0 aliphatic heterocycles. The van der Waals surface area contributed by atoms with Gasteiger partial charge in [-0.05, 0) is 18.2 Å². The second kappa shape index (κ2) is 5.33. The van der Waals surface area contributed by atoms with Crippen LogP contribution in [-0.4, -0.2) is 22.4 Å². The molecule has 0 atom stereocenters. The van der Waals surface area contributed by atoms with Crippen molar-refractivity contribution in [2.24, 2.45) is 10.2 Å². The summed E-state index contributed by atoms with van der Waals surface area (Å²) in [6.45, 7) is 0. The zero-order valence-electron chi connectivity index (χ0n) is 11.8. The van der Waals surface area contributed by atoms with E-state index < -0.39 is 0 Å². The van der Waals surface area contributed by atoms with Gasteiger partial charge in [0.2, 0.25) is 0 Å². The van der Waals surface area contributed by atoms with Crippen LogP contribution in [0.5, 0.6) is 0 Å². The average molecular weight is 286 g/mol. The number of nitrogens with zero attached hydrogens (tertiary/aromatic N) is 2. The van der Waals surface area contributed by atoms with Crippen LogP contribution in [0, 0.1) is 0 Å². The van der Waals surface area contributed by atoms with Crippen molar-refractivity contribution in [2.45, 2.75) is 0 Å². The molecule has 0 bridgehead atoms. The lowest BCUT2D eigenvalue weighted by Gasteiger charge is -1.88. The quantitative estimate of drug-likeness (QED) is 0.421. The van der Waals surface area contributed by atoms with Crippen molar-refractivity contribution < 1.29 is 0 Å². The van der Waals surface area contributed by atoms with E-state index in [1.54, 1.807) is 12.4 Å². The average Bonchev–Trinajstić information content (AvgIpc) is 3.15. The number of nitrogens with one attached hydrogen (secondary N) is 2. The Bertz CT molecular complexity index is 955. The van der Waals surface area contributed by atoms with E-state index >= 15 is 0 Å². The standard InChI is InChI=1S/C18H14N4/c1-3-7-17-13(5-1)9-15(22-17)12-21-20-11-14-10-19-18-8-4-2-6-16(14)18/h1-12,19,22H/b20-11+,21-12+. The molecule has 2 N–H and O–H groups in total. The van der Waals surface area contributed by atoms with E-state index in [-0.39, 0.29) is 0 Å². The van der Waals surface area contributed by atoms with Gasteiger partial charge in [-0.25, -0.2) is 0 Å². The van der Waals surface area contributed by atoms with Gasteiger partial charge in [0.15, 0.2) is 0 Å². The lowest BCUT2D eigenvalue weighted by molar-refractivity contribution is 1.26. The molecule has 0 aliphatic carbocycles. The van der Waals surface area contributed by atoms with E-state index in [0.29, 0.717) is 0 Å². The van der Waals surface area contributed by atoms with Gasteiger partial charge in [0.1, 0.15) is 0 Å². The molecule has 4 heteroatoms. The van der Waals surface area contributed by atoms with Crippen molar-refractivity contribution in [2.75, 3.05) is 0 Å². The number of para-hydroxylation sites is 2. The van der Waals surface area contributed by atoms with E-state index in [1.807, 2.05) is 42.6 Å². The van der Waals surface area contributed by atoms with Crippen molar-refractivity contribution in [3.05, 3.63) is 72.1 Å². The first-order valence-electron chi connectivity index (χ1n) is 7.10. The minimum Gasteiger partial charge on any atom is -0.361 e. The monoisotopic (exact) mass is 286 g/mol. The molecule has 4 aromatic rings. The first-order chi connectivity index (χ1) is 10.9. The SMILES string of the molecule is C(=N\N=C\c1c[nH]c2ccccc12)/c1cc2ccccc2[nH]1. The predicted octanol–water partition coefficient (Wildman–Crippen LogP) is 4.10. The number of benzene rings is 2. The van der Waals surface area contributed by atoms with Crippen molar-refractivity contribution >= 4 is 34.2 Å². The van der Waals surface area contributed by atoms with Gasteiger partial charge in [-0.1, -0.05) is 36.4 Å². The van der Waals surface area contributed by atoms with Crippen LogP contribution in [0.25, 0.3) is 21.8 Å². The molecule has 0 saturated heterocycles. The third-order valence-electron chi connectivity index (χ3n) is 3.63. The number of aromatic amines is 2. The van der Waals surface area contributed by atoms with E-state index in [0.717, 1.165) is 27.7 Å². The lowest BCUT2D eigenvalue weighted by atomic mass is 10.2. The molecule has 0 aliphatic rings. The highest BCUT2D eigenvalue weighted by molar-refractivity contribution is 5.99. The van der Waals surface area contributed by atoms with Gasteiger partial charge in [0.05, 0.1) is 18.1 Å². The van der Waals surface area contributed by atoms with E-state index in [2.05, 4.69) is 38.4 Å². The Labute approximate surface area is 127 Å². The summed E-state index contributed by atoms with van der Waals surface area (Å²) in [5.74, 6) is 0. The molecule has 0 saturated carbocycles. The summed E-state index contributed by atoms with van der Waals surface area (Å²) in [5.41, 5.74) is 4.18. The van der Waals surface area contributed by atoms with Crippen LogP contribution in [0.1, 0.15) is 11.3 Å². The lowest BCUT2D eigenvalue weighted by Crippen LogP contribution is -1.79. The maximum absolute atomic E-state index is 4.13. The number of hydrogen-bond acceptors (Lipinski definition) is 2. The van der Waals surface area contributed by atoms with Crippen LogP contribution in [0.3, 0.4) is 0 Å². The molecule has 106 valence electrons. The smallest absolute Gasteiger partial charge is 0.0731 e. The molecule has 0 unspecified atom stereocenters. The molecular weight excluding hydrogens is 272 g/mol. The molecular formula is C18H14N4. The van der Waals surface area contributed by atoms with Crippen LogP contribution < -0.4 is 0 Å². The molecule has 4 nitrogen and oxygen atoms in total. The molecule has 4 rings (SSSR count). The fourth-order valence-electron chi connectivity index (χ4n) is 2.56. The summed E-state index contributed by atoms with van der Waals surface area (Å²) in [5, 5.41) is 10.6. The molecule has 2 heterocycles. The highest BCUT2D eigenvalue weighted by Crippen LogP contribution is 2.16. The van der Waals surface area contributed by atoms with E-state index in [4.69, 9.17) is 0 Å². The minimum absolute atomic E-state index is 0.942. The molecule has 22 heavy (non-hydrogen) atoms. The van der Waals surface area contributed by atoms with Gasteiger partial charge in [0.25, 0.3) is 0 Å². The maximum Gasteiger partial charge on any atom is 0.0731 e. The number of H-pyrrole nitrogens is 2. The number of fused-ring (bicyclic) bond motifs is 2. The van der Waals surface area contributed by atoms with Gasteiger partial charge < -0.3 is 9.97 Å². The summed E-state index contributed by atoms with van der Waals surface area (Å²) < 4.78 is 0. The molecule has 0 radical (unpaired) electrons. The molecule has 2 aromatic heterocycles. The Hall–Kier alpha value is -3.14. The van der Waals surface area contributed by atoms with Gasteiger partial charge in [-0.3, -0.25) is 0 Å². The minimum atomic E-state index is 0.942. The van der Waals surface area contributed by atoms with Gasteiger partial charge in [-0.15, -0.1) is 0 Å². The van der Waals surface area contributed by atoms with Crippen LogP contribution >= 0.6 is 0 Å². The third kappa shape index (κ3) is 2.31. The predicted molar refractivity (Wildman–Crippen MR) is 91.8 cm³/mol. The summed E-state index contributed by atoms with van der Waals surface area (Å²) in [6, 6.07) is 18.3. The van der Waals surface area contributed by atoms with Gasteiger partial charge >= 0.3 is 0 Å². The first-order valence-corrected chi connectivity index (χ1v) is 7.10. The Morgan fingerprint density at radius 1 is 0.818 bits per heavy atom. The highest BCUT2D eigenvalue weighted by Gasteiger charge is 1.99. The van der Waals surface area contributed by atoms with Crippen molar-refractivity contribution in [1.29, 1.82) is 0 Å². The molecule has 2 aromatic carbocycles. The fourth-order valence-corrected chi connectivity index (χ4v) is 2.56. The normalized spacial score (nSPS) is 12.2. The van der Waals surface area contributed by atoms with Gasteiger partial charge in [-0.2, -0.15) is 10.2 Å². The third-order valence-corrected chi connectivity index (χ3v) is 3.63. The number of hydrogen-bond donors (Lipinski definition) is 2. The largest absolute Gasteiger partial charge is 0.361 e. The van der Waals surface area contributed by atoms with Crippen LogP contribution in [0.15, 0.2) is 71.0 Å². The fraction of sp³-hybridized carbons (Fsp3) is 0. The van der Waals surface area contributed by atoms with Crippen LogP contribution in [0.4, 0.5) is 0 Å². The summed E-state index contributed by atoms with van der Waals surface area (Å²) in [7, 11) is 0. The molecule has 0 fully saturated rings. The Morgan fingerprint density at radius 2 is 1.59 bits per heavy atom. The molecule has 0 spiro atoms. The number of aromatic nitrogens is 2. The Balaban J connectivity index is 1.56. The summed E-state index contributed by atoms with van der Waals surface area (Å²) in [6.07, 6.45) is 5.43. The van der Waals surface area contributed by atoms with Crippen molar-refractivity contribution in [3.8, 4) is 0 Å². The first kappa shape index (κ1) is 12.6. The van der Waals surface area contributed by atoms with E-state index in [1.165, 1.54) is 5.39 Å². The number of rotatable bonds is 3. The van der Waals surface area contributed by atoms with Gasteiger partial charge in [0, 0.05) is 33.6 Å². The second-order valence-corrected chi connectivity index (χ2v) is 5.09. The van der Waals surface area contributed by atoms with Crippen molar-refractivity contribution in [1.82, 2.24) is 9.97 Å². The summed E-state index contributed by atoms with van der Waals surface area (Å²) in [4.78, 5) is 6.50. The topological polar surface area (TPSA) is 56.3 Å². The van der Waals surface area contributed by atoms with Crippen LogP contribution in [-0.2, 0) is 0 Å². The van der Waals surface area contributed by atoms with Crippen molar-refractivity contribution in [3.63, 3.8) is 0 Å². The molecule has 0 amide bonds. The highest BCUT2D eigenvalue weighted by atomic mass is 15.2. The summed E-state index contributed by atoms with van der Waals surface area (Å²) >= 11 is 0. The Morgan fingerprint density at radius 3 is 2.50 bits per heavy atom. The van der Waals surface area contributed by atoms with E-state index in [9.17, 15) is 0 Å². The maximum atomic E-state index is 4.13. The zero-order chi connectivity index (χ0) is 14.8.